The van der Waals surface area contributed by atoms with E-state index in [9.17, 15) is 18.0 Å². The quantitative estimate of drug-likeness (QED) is 0.787. The summed E-state index contributed by atoms with van der Waals surface area (Å²) in [4.78, 5) is 29.0. The van der Waals surface area contributed by atoms with E-state index < -0.39 is 9.84 Å². The zero-order chi connectivity index (χ0) is 19.6. The molecular formula is C20H28N2O4S. The Labute approximate surface area is 161 Å². The number of hydrogen-bond acceptors (Lipinski definition) is 4. The molecule has 6 nitrogen and oxygen atoms in total. The normalized spacial score (nSPS) is 22.6. The Morgan fingerprint density at radius 1 is 1.07 bits per heavy atom. The molecule has 0 bridgehead atoms. The summed E-state index contributed by atoms with van der Waals surface area (Å²) in [6.07, 6.45) is 2.54. The number of benzene rings is 1. The molecule has 1 atom stereocenters. The summed E-state index contributed by atoms with van der Waals surface area (Å²) >= 11 is 0. The molecule has 1 unspecified atom stereocenters. The second-order valence-corrected chi connectivity index (χ2v) is 9.93. The lowest BCUT2D eigenvalue weighted by molar-refractivity contribution is 0.0689. The smallest absolute Gasteiger partial charge is 0.254 e. The maximum absolute atomic E-state index is 12.8. The van der Waals surface area contributed by atoms with Gasteiger partial charge in [0.25, 0.3) is 11.8 Å². The molecule has 1 aromatic carbocycles. The number of nitrogens with zero attached hydrogens (tertiary/aromatic N) is 2. The Balaban J connectivity index is 1.68. The van der Waals surface area contributed by atoms with Gasteiger partial charge < -0.3 is 9.80 Å². The molecular weight excluding hydrogens is 364 g/mol. The summed E-state index contributed by atoms with van der Waals surface area (Å²) < 4.78 is 23.5. The van der Waals surface area contributed by atoms with Gasteiger partial charge in [-0.05, 0) is 56.4 Å². The third-order valence-corrected chi connectivity index (χ3v) is 7.45. The molecule has 0 radical (unpaired) electrons. The van der Waals surface area contributed by atoms with Crippen molar-refractivity contribution >= 4 is 21.7 Å². The largest absolute Gasteiger partial charge is 0.339 e. The van der Waals surface area contributed by atoms with E-state index >= 15 is 0 Å². The molecule has 2 saturated heterocycles. The van der Waals surface area contributed by atoms with Crippen molar-refractivity contribution in [2.24, 2.45) is 5.92 Å². The number of carbonyl (C=O) groups is 2. The first-order valence-corrected chi connectivity index (χ1v) is 11.5. The number of carbonyl (C=O) groups excluding carboxylic acids is 2. The minimum absolute atomic E-state index is 0.00938. The lowest BCUT2D eigenvalue weighted by Gasteiger charge is -2.30. The molecule has 0 saturated carbocycles. The second-order valence-electron chi connectivity index (χ2n) is 7.70. The van der Waals surface area contributed by atoms with Crippen LogP contribution in [0.15, 0.2) is 24.3 Å². The maximum Gasteiger partial charge on any atom is 0.254 e. The highest BCUT2D eigenvalue weighted by Gasteiger charge is 2.34. The van der Waals surface area contributed by atoms with Crippen LogP contribution in [0.4, 0.5) is 0 Å². The topological polar surface area (TPSA) is 74.8 Å². The zero-order valence-corrected chi connectivity index (χ0v) is 16.9. The summed E-state index contributed by atoms with van der Waals surface area (Å²) in [6, 6.07) is 6.49. The summed E-state index contributed by atoms with van der Waals surface area (Å²) in [5.74, 6) is 0.675. The second kappa shape index (κ2) is 8.00. The van der Waals surface area contributed by atoms with E-state index in [1.807, 2.05) is 11.8 Å². The van der Waals surface area contributed by atoms with Crippen LogP contribution in [0.3, 0.4) is 0 Å². The Morgan fingerprint density at radius 2 is 1.67 bits per heavy atom. The first-order chi connectivity index (χ1) is 12.8. The molecule has 2 aliphatic rings. The Kier molecular flexibility index (Phi) is 5.89. The molecule has 0 spiro atoms. The molecule has 1 aromatic rings. The maximum atomic E-state index is 12.8. The van der Waals surface area contributed by atoms with E-state index in [2.05, 4.69) is 6.92 Å². The van der Waals surface area contributed by atoms with Gasteiger partial charge in [-0.1, -0.05) is 6.92 Å². The Hall–Kier alpha value is -1.89. The van der Waals surface area contributed by atoms with Crippen LogP contribution in [-0.4, -0.2) is 67.2 Å². The Morgan fingerprint density at radius 3 is 2.19 bits per heavy atom. The van der Waals surface area contributed by atoms with Crippen LogP contribution in [0, 0.1) is 5.92 Å². The van der Waals surface area contributed by atoms with Crippen LogP contribution in [0.2, 0.25) is 0 Å². The van der Waals surface area contributed by atoms with Crippen molar-refractivity contribution in [3.8, 4) is 0 Å². The van der Waals surface area contributed by atoms with Gasteiger partial charge in [-0.3, -0.25) is 9.59 Å². The van der Waals surface area contributed by atoms with Crippen LogP contribution in [0.25, 0.3) is 0 Å². The molecule has 7 heteroatoms. The number of amides is 2. The lowest BCUT2D eigenvalue weighted by atomic mass is 9.98. The van der Waals surface area contributed by atoms with Crippen molar-refractivity contribution in [3.05, 3.63) is 35.4 Å². The first-order valence-electron chi connectivity index (χ1n) is 9.71. The van der Waals surface area contributed by atoms with Gasteiger partial charge >= 0.3 is 0 Å². The van der Waals surface area contributed by atoms with Gasteiger partial charge in [-0.2, -0.15) is 0 Å². The third-order valence-electron chi connectivity index (χ3n) is 5.70. The van der Waals surface area contributed by atoms with Gasteiger partial charge in [0.15, 0.2) is 9.84 Å². The first kappa shape index (κ1) is 19.9. The van der Waals surface area contributed by atoms with Gasteiger partial charge in [0.05, 0.1) is 11.5 Å². The Bertz CT molecular complexity index is 796. The number of hydrogen-bond donors (Lipinski definition) is 0. The fourth-order valence-electron chi connectivity index (χ4n) is 3.90. The molecule has 0 aromatic heterocycles. The summed E-state index contributed by atoms with van der Waals surface area (Å²) in [7, 11) is -3.04. The molecule has 2 aliphatic heterocycles. The predicted octanol–water partition coefficient (Wildman–Crippen LogP) is 2.21. The van der Waals surface area contributed by atoms with Crippen molar-refractivity contribution in [1.29, 1.82) is 0 Å². The number of rotatable bonds is 4. The summed E-state index contributed by atoms with van der Waals surface area (Å²) in [5, 5.41) is 0. The number of piperidine rings is 1. The minimum Gasteiger partial charge on any atom is -0.339 e. The van der Waals surface area contributed by atoms with Crippen molar-refractivity contribution < 1.29 is 18.0 Å². The van der Waals surface area contributed by atoms with Gasteiger partial charge in [-0.25, -0.2) is 8.42 Å². The van der Waals surface area contributed by atoms with Crippen molar-refractivity contribution in [2.45, 2.75) is 39.2 Å². The monoisotopic (exact) mass is 392 g/mol. The molecule has 2 amide bonds. The number of likely N-dealkylation sites (tertiary alicyclic amines) is 1. The van der Waals surface area contributed by atoms with Crippen molar-refractivity contribution in [2.75, 3.05) is 31.1 Å². The van der Waals surface area contributed by atoms with Gasteiger partial charge in [0.2, 0.25) is 0 Å². The SMILES string of the molecule is CCN(C(=O)c1ccc(C(=O)N2CCC(C)CC2)cc1)C1CCS(=O)(=O)C1. The highest BCUT2D eigenvalue weighted by atomic mass is 32.2. The van der Waals surface area contributed by atoms with Crippen molar-refractivity contribution in [1.82, 2.24) is 9.80 Å². The summed E-state index contributed by atoms with van der Waals surface area (Å²) in [6.45, 7) is 6.09. The third kappa shape index (κ3) is 4.51. The van der Waals surface area contributed by atoms with Crippen LogP contribution >= 0.6 is 0 Å². The van der Waals surface area contributed by atoms with Gasteiger partial charge in [-0.15, -0.1) is 0 Å². The summed E-state index contributed by atoms with van der Waals surface area (Å²) in [5.41, 5.74) is 1.08. The zero-order valence-electron chi connectivity index (χ0n) is 16.1. The molecule has 0 N–H and O–H groups in total. The molecule has 0 aliphatic carbocycles. The minimum atomic E-state index is -3.04. The average molecular weight is 393 g/mol. The average Bonchev–Trinajstić information content (AvgIpc) is 3.02. The molecule has 2 fully saturated rings. The molecule has 2 heterocycles. The van der Waals surface area contributed by atoms with E-state index in [-0.39, 0.29) is 29.4 Å². The van der Waals surface area contributed by atoms with Crippen LogP contribution < -0.4 is 0 Å². The van der Waals surface area contributed by atoms with Crippen LogP contribution in [0.1, 0.15) is 53.8 Å². The fourth-order valence-corrected chi connectivity index (χ4v) is 5.63. The van der Waals surface area contributed by atoms with E-state index in [1.165, 1.54) is 0 Å². The van der Waals surface area contributed by atoms with E-state index in [1.54, 1.807) is 29.2 Å². The van der Waals surface area contributed by atoms with E-state index in [0.29, 0.717) is 30.0 Å². The molecule has 148 valence electrons. The highest BCUT2D eigenvalue weighted by molar-refractivity contribution is 7.91. The molecule has 3 rings (SSSR count). The lowest BCUT2D eigenvalue weighted by Crippen LogP contribution is -2.41. The van der Waals surface area contributed by atoms with Gasteiger partial charge in [0.1, 0.15) is 0 Å². The van der Waals surface area contributed by atoms with E-state index in [0.717, 1.165) is 25.9 Å². The van der Waals surface area contributed by atoms with Crippen molar-refractivity contribution in [3.63, 3.8) is 0 Å². The standard InChI is InChI=1S/C20H28N2O4S/c1-3-22(18-10-13-27(25,26)14-18)20(24)17-6-4-16(5-7-17)19(23)21-11-8-15(2)9-12-21/h4-7,15,18H,3,8-14H2,1-2H3. The highest BCUT2D eigenvalue weighted by Crippen LogP contribution is 2.21. The van der Waals surface area contributed by atoms with Gasteiger partial charge in [0, 0.05) is 36.8 Å². The van der Waals surface area contributed by atoms with Crippen LogP contribution in [-0.2, 0) is 9.84 Å². The predicted molar refractivity (Wildman–Crippen MR) is 105 cm³/mol. The number of sulfone groups is 1. The fraction of sp³-hybridized carbons (Fsp3) is 0.600. The van der Waals surface area contributed by atoms with E-state index in [4.69, 9.17) is 0 Å². The molecule has 27 heavy (non-hydrogen) atoms. The van der Waals surface area contributed by atoms with Crippen LogP contribution in [0.5, 0.6) is 0 Å².